The number of hydrogen-bond acceptors (Lipinski definition) is 6. The van der Waals surface area contributed by atoms with Gasteiger partial charge in [0.25, 0.3) is 10.1 Å². The van der Waals surface area contributed by atoms with Gasteiger partial charge in [0.05, 0.1) is 25.6 Å². The van der Waals surface area contributed by atoms with Crippen molar-refractivity contribution in [3.8, 4) is 0 Å². The largest absolute Gasteiger partial charge is 0.444 e. The molecule has 0 atom stereocenters. The van der Waals surface area contributed by atoms with E-state index >= 15 is 0 Å². The van der Waals surface area contributed by atoms with E-state index in [1.807, 2.05) is 20.8 Å². The molecule has 1 saturated carbocycles. The molecule has 0 N–H and O–H groups in total. The number of ether oxygens (including phenoxy) is 2. The minimum Gasteiger partial charge on any atom is -0.444 e. The van der Waals surface area contributed by atoms with Crippen molar-refractivity contribution in [2.45, 2.75) is 51.7 Å². The second-order valence-corrected chi connectivity index (χ2v) is 9.22. The molecule has 2 rings (SSSR count). The zero-order valence-electron chi connectivity index (χ0n) is 14.3. The number of nitrogens with zero attached hydrogens (tertiary/aromatic N) is 1. The maximum Gasteiger partial charge on any atom is 0.410 e. The van der Waals surface area contributed by atoms with Crippen LogP contribution >= 0.6 is 0 Å². The molecule has 0 aromatic carbocycles. The van der Waals surface area contributed by atoms with E-state index in [2.05, 4.69) is 4.18 Å². The number of carbonyl (C=O) groups is 1. The lowest BCUT2D eigenvalue weighted by Gasteiger charge is -2.44. The van der Waals surface area contributed by atoms with Gasteiger partial charge in [0, 0.05) is 13.1 Å². The molecule has 2 aliphatic rings. The third-order valence-electron chi connectivity index (χ3n) is 4.15. The lowest BCUT2D eigenvalue weighted by Crippen LogP contribution is -2.46. The molecule has 0 unspecified atom stereocenters. The van der Waals surface area contributed by atoms with Gasteiger partial charge in [-0.2, -0.15) is 8.42 Å². The van der Waals surface area contributed by atoms with E-state index in [1.54, 1.807) is 4.90 Å². The Labute approximate surface area is 138 Å². The minimum atomic E-state index is -3.40. The van der Waals surface area contributed by atoms with E-state index in [4.69, 9.17) is 9.47 Å². The number of carbonyl (C=O) groups excluding carboxylic acids is 1. The number of amides is 1. The van der Waals surface area contributed by atoms with Gasteiger partial charge in [-0.1, -0.05) is 0 Å². The van der Waals surface area contributed by atoms with Gasteiger partial charge < -0.3 is 14.4 Å². The number of rotatable bonds is 5. The Bertz CT molecular complexity index is 533. The van der Waals surface area contributed by atoms with Gasteiger partial charge >= 0.3 is 6.09 Å². The Kier molecular flexibility index (Phi) is 5.27. The highest BCUT2D eigenvalue weighted by atomic mass is 32.2. The van der Waals surface area contributed by atoms with Crippen molar-refractivity contribution in [3.05, 3.63) is 0 Å². The van der Waals surface area contributed by atoms with Gasteiger partial charge in [-0.05, 0) is 45.4 Å². The van der Waals surface area contributed by atoms with Crippen LogP contribution in [-0.2, 0) is 23.8 Å². The maximum absolute atomic E-state index is 12.1. The summed E-state index contributed by atoms with van der Waals surface area (Å²) < 4.78 is 37.3. The van der Waals surface area contributed by atoms with Crippen LogP contribution in [0.3, 0.4) is 0 Å². The molecule has 1 aliphatic heterocycles. The van der Waals surface area contributed by atoms with Gasteiger partial charge in [-0.3, -0.25) is 4.18 Å². The fourth-order valence-electron chi connectivity index (χ4n) is 3.17. The van der Waals surface area contributed by atoms with Crippen LogP contribution in [0.1, 0.15) is 40.0 Å². The normalized spacial score (nSPS) is 28.0. The van der Waals surface area contributed by atoms with E-state index in [1.165, 1.54) is 0 Å². The Hall–Kier alpha value is -0.860. The summed E-state index contributed by atoms with van der Waals surface area (Å²) in [7, 11) is -3.40. The maximum atomic E-state index is 12.1. The van der Waals surface area contributed by atoms with E-state index in [-0.39, 0.29) is 30.8 Å². The minimum absolute atomic E-state index is 0.0480. The van der Waals surface area contributed by atoms with Crippen LogP contribution < -0.4 is 0 Å². The summed E-state index contributed by atoms with van der Waals surface area (Å²) in [5.74, 6) is 0. The van der Waals surface area contributed by atoms with E-state index in [0.29, 0.717) is 6.54 Å². The molecule has 0 radical (unpaired) electrons. The second-order valence-electron chi connectivity index (χ2n) is 7.58. The van der Waals surface area contributed by atoms with E-state index in [0.717, 1.165) is 32.1 Å². The number of hydrogen-bond donors (Lipinski definition) is 0. The molecular weight excluding hydrogens is 322 g/mol. The molecule has 1 heterocycles. The van der Waals surface area contributed by atoms with Crippen LogP contribution in [-0.4, -0.2) is 63.7 Å². The zero-order chi connectivity index (χ0) is 17.3. The average molecular weight is 349 g/mol. The molecule has 0 aromatic rings. The first-order chi connectivity index (χ1) is 10.5. The molecule has 134 valence electrons. The Morgan fingerprint density at radius 2 is 1.91 bits per heavy atom. The van der Waals surface area contributed by atoms with Gasteiger partial charge in [0.15, 0.2) is 0 Å². The van der Waals surface area contributed by atoms with E-state index in [9.17, 15) is 13.2 Å². The topological polar surface area (TPSA) is 82.1 Å². The van der Waals surface area contributed by atoms with Crippen LogP contribution in [0.4, 0.5) is 4.79 Å². The predicted octanol–water partition coefficient (Wildman–Crippen LogP) is 1.77. The second kappa shape index (κ2) is 6.57. The summed E-state index contributed by atoms with van der Waals surface area (Å²) in [5, 5.41) is 0. The van der Waals surface area contributed by atoms with Crippen LogP contribution in [0.25, 0.3) is 0 Å². The average Bonchev–Trinajstić information content (AvgIpc) is 2.75. The highest BCUT2D eigenvalue weighted by molar-refractivity contribution is 7.85. The van der Waals surface area contributed by atoms with Crippen LogP contribution in [0.15, 0.2) is 0 Å². The molecule has 0 aromatic heterocycles. The summed E-state index contributed by atoms with van der Waals surface area (Å²) in [5.41, 5.74) is -0.336. The fraction of sp³-hybridized carbons (Fsp3) is 0.933. The lowest BCUT2D eigenvalue weighted by atomic mass is 9.66. The molecule has 1 spiro atoms. The van der Waals surface area contributed by atoms with Gasteiger partial charge in [-0.15, -0.1) is 0 Å². The monoisotopic (exact) mass is 349 g/mol. The van der Waals surface area contributed by atoms with Crippen LogP contribution in [0.5, 0.6) is 0 Å². The molecule has 7 nitrogen and oxygen atoms in total. The fourth-order valence-corrected chi connectivity index (χ4v) is 3.55. The standard InChI is InChI=1S/C15H27NO6S/c1-14(2,3)22-13(17)16-6-5-15(11-16)9-12(10-15)20-7-8-21-23(4,18)19/h12H,5-11H2,1-4H3. The highest BCUT2D eigenvalue weighted by Gasteiger charge is 2.50. The summed E-state index contributed by atoms with van der Waals surface area (Å²) in [4.78, 5) is 13.8. The van der Waals surface area contributed by atoms with E-state index < -0.39 is 15.7 Å². The Morgan fingerprint density at radius 1 is 1.26 bits per heavy atom. The molecule has 8 heteroatoms. The summed E-state index contributed by atoms with van der Waals surface area (Å²) in [6, 6.07) is 0. The predicted molar refractivity (Wildman–Crippen MR) is 84.6 cm³/mol. The van der Waals surface area contributed by atoms with Crippen molar-refractivity contribution >= 4 is 16.2 Å². The van der Waals surface area contributed by atoms with Crippen molar-refractivity contribution in [2.24, 2.45) is 5.41 Å². The lowest BCUT2D eigenvalue weighted by molar-refractivity contribution is -0.0816. The van der Waals surface area contributed by atoms with Gasteiger partial charge in [0.2, 0.25) is 0 Å². The number of likely N-dealkylation sites (tertiary alicyclic amines) is 1. The first-order valence-electron chi connectivity index (χ1n) is 7.92. The summed E-state index contributed by atoms with van der Waals surface area (Å²) in [6.07, 6.45) is 3.65. The first-order valence-corrected chi connectivity index (χ1v) is 9.74. The molecule has 2 fully saturated rings. The SMILES string of the molecule is CC(C)(C)OC(=O)N1CCC2(CC(OCCOS(C)(=O)=O)C2)C1. The molecule has 1 amide bonds. The molecule has 1 aliphatic carbocycles. The molecule has 0 bridgehead atoms. The highest BCUT2D eigenvalue weighted by Crippen LogP contribution is 2.49. The van der Waals surface area contributed by atoms with Crippen molar-refractivity contribution in [1.29, 1.82) is 0 Å². The van der Waals surface area contributed by atoms with Crippen molar-refractivity contribution in [3.63, 3.8) is 0 Å². The zero-order valence-corrected chi connectivity index (χ0v) is 15.1. The molecule has 23 heavy (non-hydrogen) atoms. The Morgan fingerprint density at radius 3 is 2.48 bits per heavy atom. The van der Waals surface area contributed by atoms with Crippen LogP contribution in [0, 0.1) is 5.41 Å². The quantitative estimate of drug-likeness (QED) is 0.556. The third kappa shape index (κ3) is 5.61. The van der Waals surface area contributed by atoms with Crippen molar-refractivity contribution < 1.29 is 26.9 Å². The van der Waals surface area contributed by atoms with Crippen molar-refractivity contribution in [1.82, 2.24) is 4.90 Å². The third-order valence-corrected chi connectivity index (χ3v) is 4.74. The first kappa shape index (κ1) is 18.5. The van der Waals surface area contributed by atoms with Gasteiger partial charge in [-0.25, -0.2) is 4.79 Å². The Balaban J connectivity index is 1.67. The molecule has 1 saturated heterocycles. The molecular formula is C15H27NO6S. The van der Waals surface area contributed by atoms with Crippen molar-refractivity contribution in [2.75, 3.05) is 32.6 Å². The summed E-state index contributed by atoms with van der Waals surface area (Å²) in [6.45, 7) is 7.34. The van der Waals surface area contributed by atoms with Crippen LogP contribution in [0.2, 0.25) is 0 Å². The van der Waals surface area contributed by atoms with Gasteiger partial charge in [0.1, 0.15) is 5.60 Å². The smallest absolute Gasteiger partial charge is 0.410 e. The summed E-state index contributed by atoms with van der Waals surface area (Å²) >= 11 is 0.